The highest BCUT2D eigenvalue weighted by Crippen LogP contribution is 2.24. The standard InChI is InChI=1S/C10H11O2.Al.2H/c1-7-4-8(2)10(12-6-11)9(3)5-7;;;/h4-5H,1-3H3;;;. The van der Waals surface area contributed by atoms with Gasteiger partial charge in [-0.2, -0.15) is 0 Å². The van der Waals surface area contributed by atoms with Gasteiger partial charge in [0.2, 0.25) is 0 Å². The third kappa shape index (κ3) is 2.58. The van der Waals surface area contributed by atoms with Crippen molar-refractivity contribution in [2.45, 2.75) is 20.8 Å². The fourth-order valence-corrected chi connectivity index (χ4v) is 1.68. The minimum Gasteiger partial charge on any atom is -0.443 e. The molecular formula is C10H13AlO2. The molecule has 0 spiro atoms. The highest BCUT2D eigenvalue weighted by atomic mass is 27.0. The van der Waals surface area contributed by atoms with E-state index in [9.17, 15) is 4.79 Å². The summed E-state index contributed by atoms with van der Waals surface area (Å²) < 4.78 is 5.15. The van der Waals surface area contributed by atoms with E-state index < -0.39 is 0 Å². The van der Waals surface area contributed by atoms with Gasteiger partial charge in [-0.15, -0.1) is 0 Å². The van der Waals surface area contributed by atoms with Crippen LogP contribution in [-0.4, -0.2) is 21.1 Å². The van der Waals surface area contributed by atoms with Crippen LogP contribution >= 0.6 is 0 Å². The van der Waals surface area contributed by atoms with E-state index in [0.29, 0.717) is 16.3 Å². The molecule has 0 aliphatic rings. The molecule has 0 aliphatic carbocycles. The molecule has 1 aromatic rings. The number of hydrogen-bond donors (Lipinski definition) is 0. The van der Waals surface area contributed by atoms with Crippen molar-refractivity contribution >= 4 is 21.1 Å². The van der Waals surface area contributed by atoms with Gasteiger partial charge in [0.15, 0.2) is 4.83 Å². The summed E-state index contributed by atoms with van der Waals surface area (Å²) in [4.78, 5) is 10.7. The van der Waals surface area contributed by atoms with Crippen LogP contribution in [0.5, 0.6) is 5.75 Å². The lowest BCUT2D eigenvalue weighted by Crippen LogP contribution is -2.06. The van der Waals surface area contributed by atoms with E-state index in [1.54, 1.807) is 0 Å². The first kappa shape index (κ1) is 10.3. The lowest BCUT2D eigenvalue weighted by molar-refractivity contribution is 0.225. The third-order valence-electron chi connectivity index (χ3n) is 1.85. The molecule has 3 heteroatoms. The average molecular weight is 192 g/mol. The first-order chi connectivity index (χ1) is 6.00. The summed E-state index contributed by atoms with van der Waals surface area (Å²) in [6, 6.07) is 4.04. The molecule has 0 atom stereocenters. The highest BCUT2D eigenvalue weighted by molar-refractivity contribution is 6.55. The zero-order valence-corrected chi connectivity index (χ0v) is 10.5. The molecule has 0 N–H and O–H groups in total. The van der Waals surface area contributed by atoms with Crippen LogP contribution in [0.4, 0.5) is 4.79 Å². The van der Waals surface area contributed by atoms with Crippen LogP contribution in [0, 0.1) is 20.8 Å². The van der Waals surface area contributed by atoms with Crippen molar-refractivity contribution in [3.05, 3.63) is 28.8 Å². The van der Waals surface area contributed by atoms with Gasteiger partial charge in [-0.1, -0.05) is 17.7 Å². The Labute approximate surface area is 86.3 Å². The SMILES string of the molecule is Cc1cc(C)c(O[C](=O)[AlH2])c(C)c1. The van der Waals surface area contributed by atoms with Crippen molar-refractivity contribution in [2.24, 2.45) is 0 Å². The molecule has 13 heavy (non-hydrogen) atoms. The summed E-state index contributed by atoms with van der Waals surface area (Å²) in [7, 11) is 0. The quantitative estimate of drug-likeness (QED) is 0.633. The van der Waals surface area contributed by atoms with Crippen molar-refractivity contribution < 1.29 is 9.53 Å². The van der Waals surface area contributed by atoms with Crippen LogP contribution < -0.4 is 4.74 Å². The van der Waals surface area contributed by atoms with E-state index in [2.05, 4.69) is 0 Å². The molecule has 1 aromatic carbocycles. The van der Waals surface area contributed by atoms with Gasteiger partial charge < -0.3 is 4.74 Å². The normalized spacial score (nSPS) is 9.77. The molecule has 68 valence electrons. The molecule has 0 aliphatic heterocycles. The Morgan fingerprint density at radius 1 is 1.23 bits per heavy atom. The van der Waals surface area contributed by atoms with Gasteiger partial charge in [0.25, 0.3) is 0 Å². The van der Waals surface area contributed by atoms with E-state index >= 15 is 0 Å². The molecule has 2 nitrogen and oxygen atoms in total. The Bertz CT molecular complexity index is 322. The van der Waals surface area contributed by atoms with Gasteiger partial charge in [0.05, 0.1) is 0 Å². The second-order valence-electron chi connectivity index (χ2n) is 3.32. The summed E-state index contributed by atoms with van der Waals surface area (Å²) in [5.41, 5.74) is 3.26. The molecule has 0 bridgehead atoms. The van der Waals surface area contributed by atoms with Gasteiger partial charge in [-0.05, 0) is 31.9 Å². The molecule has 0 saturated heterocycles. The van der Waals surface area contributed by atoms with Gasteiger partial charge in [-0.3, -0.25) is 4.79 Å². The van der Waals surface area contributed by atoms with E-state index in [1.807, 2.05) is 32.9 Å². The first-order valence-corrected chi connectivity index (χ1v) is 5.27. The number of aryl methyl sites for hydroxylation is 3. The molecule has 0 fully saturated rings. The van der Waals surface area contributed by atoms with Crippen LogP contribution in [0.3, 0.4) is 0 Å². The predicted octanol–water partition coefficient (Wildman–Crippen LogP) is 1.74. The van der Waals surface area contributed by atoms with Crippen LogP contribution in [0.25, 0.3) is 0 Å². The summed E-state index contributed by atoms with van der Waals surface area (Å²) >= 11 is 0.437. The Kier molecular flexibility index (Phi) is 3.13. The Hall–Kier alpha value is -0.778. The predicted molar refractivity (Wildman–Crippen MR) is 55.2 cm³/mol. The number of ether oxygens (including phenoxy) is 1. The van der Waals surface area contributed by atoms with Crippen LogP contribution in [-0.2, 0) is 0 Å². The number of carbonyl (C=O) groups is 1. The molecule has 0 aromatic heterocycles. The second kappa shape index (κ2) is 3.95. The van der Waals surface area contributed by atoms with Crippen molar-refractivity contribution in [3.63, 3.8) is 0 Å². The minimum atomic E-state index is -0.130. The van der Waals surface area contributed by atoms with Crippen molar-refractivity contribution in [3.8, 4) is 5.75 Å². The van der Waals surface area contributed by atoms with Crippen LogP contribution in [0.1, 0.15) is 16.7 Å². The third-order valence-corrected chi connectivity index (χ3v) is 2.05. The summed E-state index contributed by atoms with van der Waals surface area (Å²) in [6.45, 7) is 5.95. The molecular weight excluding hydrogens is 179 g/mol. The van der Waals surface area contributed by atoms with Crippen molar-refractivity contribution in [1.29, 1.82) is 0 Å². The molecule has 0 heterocycles. The number of benzene rings is 1. The van der Waals surface area contributed by atoms with Crippen LogP contribution in [0.15, 0.2) is 12.1 Å². The lowest BCUT2D eigenvalue weighted by atomic mass is 10.1. The number of carbonyl (C=O) groups excluding carboxylic acids is 1. The second-order valence-corrected chi connectivity index (χ2v) is 4.14. The molecule has 0 unspecified atom stereocenters. The van der Waals surface area contributed by atoms with Crippen molar-refractivity contribution in [2.75, 3.05) is 0 Å². The topological polar surface area (TPSA) is 26.3 Å². The fourth-order valence-electron chi connectivity index (χ4n) is 1.47. The van der Waals surface area contributed by atoms with Gasteiger partial charge in [0, 0.05) is 0 Å². The number of hydrogen-bond acceptors (Lipinski definition) is 2. The maximum atomic E-state index is 10.8. The number of rotatable bonds is 1. The van der Waals surface area contributed by atoms with Crippen molar-refractivity contribution in [1.82, 2.24) is 0 Å². The van der Waals surface area contributed by atoms with Gasteiger partial charge >= 0.3 is 16.3 Å². The van der Waals surface area contributed by atoms with E-state index in [1.165, 1.54) is 5.56 Å². The minimum absolute atomic E-state index is 0.130. The first-order valence-electron chi connectivity index (χ1n) is 4.27. The van der Waals surface area contributed by atoms with Gasteiger partial charge in [-0.25, -0.2) is 0 Å². The fraction of sp³-hybridized carbons (Fsp3) is 0.300. The van der Waals surface area contributed by atoms with E-state index in [-0.39, 0.29) is 4.83 Å². The lowest BCUT2D eigenvalue weighted by Gasteiger charge is -2.10. The maximum Gasteiger partial charge on any atom is 0.389 e. The Balaban J connectivity index is 3.13. The average Bonchev–Trinajstić information content (AvgIpc) is 1.96. The largest absolute Gasteiger partial charge is 0.443 e. The highest BCUT2D eigenvalue weighted by Gasteiger charge is 2.06. The Morgan fingerprint density at radius 2 is 1.69 bits per heavy atom. The molecule has 1 rings (SSSR count). The van der Waals surface area contributed by atoms with Gasteiger partial charge in [0.1, 0.15) is 5.75 Å². The smallest absolute Gasteiger partial charge is 0.389 e. The van der Waals surface area contributed by atoms with E-state index in [0.717, 1.165) is 16.9 Å². The van der Waals surface area contributed by atoms with E-state index in [4.69, 9.17) is 4.74 Å². The molecule has 0 saturated carbocycles. The molecule has 0 amide bonds. The van der Waals surface area contributed by atoms with Crippen LogP contribution in [0.2, 0.25) is 0 Å². The summed E-state index contributed by atoms with van der Waals surface area (Å²) in [5.74, 6) is 0.727. The maximum absolute atomic E-state index is 10.8. The Morgan fingerprint density at radius 3 is 2.08 bits per heavy atom. The zero-order chi connectivity index (χ0) is 10.0. The molecule has 0 radical (unpaired) electrons. The summed E-state index contributed by atoms with van der Waals surface area (Å²) in [5, 5.41) is 0. The summed E-state index contributed by atoms with van der Waals surface area (Å²) in [6.07, 6.45) is 0. The zero-order valence-electron chi connectivity index (χ0n) is 8.47. The monoisotopic (exact) mass is 192 g/mol.